The molecule has 0 spiro atoms. The van der Waals surface area contributed by atoms with Gasteiger partial charge in [0, 0.05) is 12.6 Å². The molecule has 0 radical (unpaired) electrons. The van der Waals surface area contributed by atoms with Crippen LogP contribution in [0.2, 0.25) is 0 Å². The summed E-state index contributed by atoms with van der Waals surface area (Å²) in [5, 5.41) is 10.8. The SMILES string of the molecule is CNc1cnnc(-c2ccc3ncoc3c2)n1. The number of hydrogen-bond acceptors (Lipinski definition) is 6. The molecule has 0 saturated heterocycles. The minimum atomic E-state index is 0.551. The molecule has 3 aromatic rings. The summed E-state index contributed by atoms with van der Waals surface area (Å²) in [5.74, 6) is 1.22. The Kier molecular flexibility index (Phi) is 2.18. The second-order valence-corrected chi connectivity index (χ2v) is 3.45. The zero-order chi connectivity index (χ0) is 11.7. The molecule has 0 aliphatic heterocycles. The lowest BCUT2D eigenvalue weighted by molar-refractivity contribution is 0.602. The first-order valence-electron chi connectivity index (χ1n) is 5.08. The molecule has 6 heteroatoms. The van der Waals surface area contributed by atoms with Gasteiger partial charge in [0.1, 0.15) is 11.3 Å². The molecule has 1 aromatic carbocycles. The van der Waals surface area contributed by atoms with E-state index in [0.717, 1.165) is 11.1 Å². The summed E-state index contributed by atoms with van der Waals surface area (Å²) in [6, 6.07) is 5.60. The Morgan fingerprint density at radius 3 is 3.12 bits per heavy atom. The molecule has 0 aliphatic carbocycles. The molecule has 6 nitrogen and oxygen atoms in total. The van der Waals surface area contributed by atoms with Crippen LogP contribution in [0.25, 0.3) is 22.5 Å². The van der Waals surface area contributed by atoms with Crippen molar-refractivity contribution >= 4 is 16.9 Å². The van der Waals surface area contributed by atoms with Gasteiger partial charge >= 0.3 is 0 Å². The molecule has 3 rings (SSSR count). The lowest BCUT2D eigenvalue weighted by Crippen LogP contribution is -1.98. The van der Waals surface area contributed by atoms with Crippen molar-refractivity contribution in [1.82, 2.24) is 20.2 Å². The number of fused-ring (bicyclic) bond motifs is 1. The highest BCUT2D eigenvalue weighted by molar-refractivity contribution is 5.78. The largest absolute Gasteiger partial charge is 0.443 e. The molecule has 2 aromatic heterocycles. The van der Waals surface area contributed by atoms with Gasteiger partial charge in [0.05, 0.1) is 6.20 Å². The van der Waals surface area contributed by atoms with Gasteiger partial charge in [-0.25, -0.2) is 9.97 Å². The molecule has 0 saturated carbocycles. The summed E-state index contributed by atoms with van der Waals surface area (Å²) in [7, 11) is 1.79. The lowest BCUT2D eigenvalue weighted by atomic mass is 10.2. The second-order valence-electron chi connectivity index (χ2n) is 3.45. The topological polar surface area (TPSA) is 76.7 Å². The molecule has 84 valence electrons. The fourth-order valence-electron chi connectivity index (χ4n) is 1.54. The van der Waals surface area contributed by atoms with Crippen molar-refractivity contribution in [1.29, 1.82) is 0 Å². The van der Waals surface area contributed by atoms with Gasteiger partial charge in [-0.1, -0.05) is 0 Å². The molecule has 0 atom stereocenters. The average molecular weight is 227 g/mol. The van der Waals surface area contributed by atoms with Crippen LogP contribution < -0.4 is 5.32 Å². The Balaban J connectivity index is 2.12. The van der Waals surface area contributed by atoms with Gasteiger partial charge < -0.3 is 9.73 Å². The molecule has 17 heavy (non-hydrogen) atoms. The van der Waals surface area contributed by atoms with Crippen LogP contribution in [0.3, 0.4) is 0 Å². The summed E-state index contributed by atoms with van der Waals surface area (Å²) < 4.78 is 5.23. The summed E-state index contributed by atoms with van der Waals surface area (Å²) in [5.41, 5.74) is 2.37. The van der Waals surface area contributed by atoms with E-state index in [0.29, 0.717) is 17.2 Å². The van der Waals surface area contributed by atoms with Gasteiger partial charge in [-0.2, -0.15) is 5.10 Å². The van der Waals surface area contributed by atoms with Crippen LogP contribution in [0.5, 0.6) is 0 Å². The predicted molar refractivity (Wildman–Crippen MR) is 62.4 cm³/mol. The monoisotopic (exact) mass is 227 g/mol. The fourth-order valence-corrected chi connectivity index (χ4v) is 1.54. The van der Waals surface area contributed by atoms with Gasteiger partial charge in [0.2, 0.25) is 0 Å². The molecule has 1 N–H and O–H groups in total. The number of anilines is 1. The maximum Gasteiger partial charge on any atom is 0.183 e. The summed E-state index contributed by atoms with van der Waals surface area (Å²) in [6.07, 6.45) is 2.98. The van der Waals surface area contributed by atoms with E-state index in [-0.39, 0.29) is 0 Å². The highest BCUT2D eigenvalue weighted by Crippen LogP contribution is 2.21. The number of benzene rings is 1. The van der Waals surface area contributed by atoms with Crippen molar-refractivity contribution in [2.45, 2.75) is 0 Å². The first-order valence-corrected chi connectivity index (χ1v) is 5.08. The first kappa shape index (κ1) is 9.71. The van der Waals surface area contributed by atoms with Crippen molar-refractivity contribution in [2.75, 3.05) is 12.4 Å². The van der Waals surface area contributed by atoms with Crippen molar-refractivity contribution in [2.24, 2.45) is 0 Å². The van der Waals surface area contributed by atoms with Crippen molar-refractivity contribution in [3.05, 3.63) is 30.8 Å². The van der Waals surface area contributed by atoms with Gasteiger partial charge in [-0.05, 0) is 18.2 Å². The quantitative estimate of drug-likeness (QED) is 0.718. The molecular weight excluding hydrogens is 218 g/mol. The third-order valence-electron chi connectivity index (χ3n) is 2.40. The Labute approximate surface area is 96.7 Å². The fraction of sp³-hybridized carbons (Fsp3) is 0.0909. The van der Waals surface area contributed by atoms with Crippen LogP contribution in [0.4, 0.5) is 5.82 Å². The normalized spacial score (nSPS) is 10.6. The van der Waals surface area contributed by atoms with E-state index >= 15 is 0 Å². The molecular formula is C11H9N5O. The zero-order valence-corrected chi connectivity index (χ0v) is 9.08. The van der Waals surface area contributed by atoms with Gasteiger partial charge in [0.15, 0.2) is 17.8 Å². The number of hydrogen-bond donors (Lipinski definition) is 1. The van der Waals surface area contributed by atoms with E-state index in [1.165, 1.54) is 6.39 Å². The first-order chi connectivity index (χ1) is 8.36. The van der Waals surface area contributed by atoms with Gasteiger partial charge in [-0.3, -0.25) is 0 Å². The van der Waals surface area contributed by atoms with Crippen LogP contribution >= 0.6 is 0 Å². The maximum absolute atomic E-state index is 5.23. The Bertz CT molecular complexity index is 664. The average Bonchev–Trinajstić information content (AvgIpc) is 2.86. The maximum atomic E-state index is 5.23. The van der Waals surface area contributed by atoms with E-state index in [1.807, 2.05) is 18.2 Å². The third kappa shape index (κ3) is 1.69. The van der Waals surface area contributed by atoms with Crippen LogP contribution in [0.15, 0.2) is 35.2 Å². The molecule has 0 bridgehead atoms. The predicted octanol–water partition coefficient (Wildman–Crippen LogP) is 1.72. The summed E-state index contributed by atoms with van der Waals surface area (Å²) in [4.78, 5) is 8.36. The molecule has 2 heterocycles. The summed E-state index contributed by atoms with van der Waals surface area (Å²) >= 11 is 0. The molecule has 0 fully saturated rings. The van der Waals surface area contributed by atoms with Crippen molar-refractivity contribution < 1.29 is 4.42 Å². The minimum absolute atomic E-state index is 0.551. The Hall–Kier alpha value is -2.50. The van der Waals surface area contributed by atoms with E-state index in [2.05, 4.69) is 25.5 Å². The number of rotatable bonds is 2. The minimum Gasteiger partial charge on any atom is -0.443 e. The van der Waals surface area contributed by atoms with E-state index in [4.69, 9.17) is 4.42 Å². The van der Waals surface area contributed by atoms with E-state index in [9.17, 15) is 0 Å². The van der Waals surface area contributed by atoms with E-state index in [1.54, 1.807) is 13.2 Å². The number of nitrogens with one attached hydrogen (secondary N) is 1. The van der Waals surface area contributed by atoms with Gasteiger partial charge in [0.25, 0.3) is 0 Å². The van der Waals surface area contributed by atoms with Crippen molar-refractivity contribution in [3.8, 4) is 11.4 Å². The van der Waals surface area contributed by atoms with E-state index < -0.39 is 0 Å². The molecule has 0 unspecified atom stereocenters. The standard InChI is InChI=1S/C11H9N5O/c1-12-10-5-14-16-11(15-10)7-2-3-8-9(4-7)17-6-13-8/h2-6H,1H3,(H,12,15,16). The smallest absolute Gasteiger partial charge is 0.183 e. The van der Waals surface area contributed by atoms with Crippen LogP contribution in [-0.2, 0) is 0 Å². The lowest BCUT2D eigenvalue weighted by Gasteiger charge is -2.01. The molecule has 0 aliphatic rings. The Morgan fingerprint density at radius 2 is 2.24 bits per heavy atom. The van der Waals surface area contributed by atoms with Gasteiger partial charge in [-0.15, -0.1) is 5.10 Å². The number of oxazole rings is 1. The number of nitrogens with zero attached hydrogens (tertiary/aromatic N) is 4. The Morgan fingerprint density at radius 1 is 1.29 bits per heavy atom. The number of aromatic nitrogens is 4. The second kappa shape index (κ2) is 3.82. The third-order valence-corrected chi connectivity index (χ3v) is 2.40. The summed E-state index contributed by atoms with van der Waals surface area (Å²) in [6.45, 7) is 0. The van der Waals surface area contributed by atoms with Crippen molar-refractivity contribution in [3.63, 3.8) is 0 Å². The zero-order valence-electron chi connectivity index (χ0n) is 9.08. The highest BCUT2D eigenvalue weighted by atomic mass is 16.3. The van der Waals surface area contributed by atoms with Crippen LogP contribution in [-0.4, -0.2) is 27.2 Å². The van der Waals surface area contributed by atoms with Crippen LogP contribution in [0.1, 0.15) is 0 Å². The van der Waals surface area contributed by atoms with Crippen LogP contribution in [0, 0.1) is 0 Å². The highest BCUT2D eigenvalue weighted by Gasteiger charge is 2.06. The molecule has 0 amide bonds.